The van der Waals surface area contributed by atoms with Crippen LogP contribution in [0.5, 0.6) is 0 Å². The van der Waals surface area contributed by atoms with Gasteiger partial charge in [-0.3, -0.25) is 0 Å². The first-order chi connectivity index (χ1) is 4.84. The van der Waals surface area contributed by atoms with E-state index in [1.807, 2.05) is 5.40 Å². The smallest absolute Gasteiger partial charge is 0.265 e. The zero-order valence-electron chi connectivity index (χ0n) is 5.02. The van der Waals surface area contributed by atoms with E-state index in [9.17, 15) is 5.21 Å². The van der Waals surface area contributed by atoms with E-state index < -0.39 is 0 Å². The molecule has 10 heavy (non-hydrogen) atoms. The number of hydrogen-bond donors (Lipinski definition) is 0. The lowest BCUT2D eigenvalue weighted by atomic mass is 10.5. The number of nitrogens with zero attached hydrogens (tertiary/aromatic N) is 2. The molecule has 1 heterocycles. The van der Waals surface area contributed by atoms with Crippen LogP contribution in [0.25, 0.3) is 0 Å². The predicted octanol–water partition coefficient (Wildman–Crippen LogP) is 0.893. The molecular weight excluding hydrogens is 148 g/mol. The number of thioether (sulfide) groups is 1. The quantitative estimate of drug-likeness (QED) is 0.260. The summed E-state index contributed by atoms with van der Waals surface area (Å²) in [5.41, 5.74) is 0. The summed E-state index contributed by atoms with van der Waals surface area (Å²) in [6, 6.07) is 4.93. The van der Waals surface area contributed by atoms with Gasteiger partial charge in [0.15, 0.2) is 6.20 Å². The molecule has 0 spiro atoms. The molecule has 1 rings (SSSR count). The molecule has 0 N–H and O–H groups in total. The van der Waals surface area contributed by atoms with Gasteiger partial charge in [-0.2, -0.15) is 9.99 Å². The number of pyridine rings is 1. The van der Waals surface area contributed by atoms with Gasteiger partial charge in [-0.25, -0.2) is 0 Å². The number of hydrogen-bond acceptors (Lipinski definition) is 3. The van der Waals surface area contributed by atoms with Gasteiger partial charge >= 0.3 is 0 Å². The molecule has 0 atom stereocenters. The summed E-state index contributed by atoms with van der Waals surface area (Å²) in [4.78, 5) is 0. The minimum absolute atomic E-state index is 0.407. The summed E-state index contributed by atoms with van der Waals surface area (Å²) < 4.78 is 0.661. The number of rotatable bonds is 1. The van der Waals surface area contributed by atoms with E-state index in [2.05, 4.69) is 0 Å². The number of aromatic nitrogens is 1. The maximum atomic E-state index is 10.8. The molecule has 1 aromatic rings. The number of nitriles is 1. The summed E-state index contributed by atoms with van der Waals surface area (Å²) in [7, 11) is 0. The topological polar surface area (TPSA) is 50.7 Å². The highest BCUT2D eigenvalue weighted by molar-refractivity contribution is 8.03. The fraction of sp³-hybridized carbons (Fsp3) is 0. The van der Waals surface area contributed by atoms with Crippen LogP contribution in [-0.2, 0) is 0 Å². The fourth-order valence-electron chi connectivity index (χ4n) is 0.538. The average molecular weight is 152 g/mol. The highest BCUT2D eigenvalue weighted by Crippen LogP contribution is 2.08. The van der Waals surface area contributed by atoms with Crippen LogP contribution in [0.15, 0.2) is 29.4 Å². The lowest BCUT2D eigenvalue weighted by Crippen LogP contribution is -2.27. The van der Waals surface area contributed by atoms with Gasteiger partial charge in [-0.1, -0.05) is 0 Å². The summed E-state index contributed by atoms with van der Waals surface area (Å²) in [5.74, 6) is 0. The minimum atomic E-state index is 0.407. The Morgan fingerprint density at radius 3 is 3.00 bits per heavy atom. The molecule has 0 aromatic carbocycles. The molecule has 1 aromatic heterocycles. The second-order valence-corrected chi connectivity index (χ2v) is 2.36. The van der Waals surface area contributed by atoms with Crippen LogP contribution in [0, 0.1) is 15.9 Å². The molecule has 0 aliphatic heterocycles. The molecule has 0 fully saturated rings. The SMILES string of the molecule is N#CSc1cccc[n+]1[O-]. The van der Waals surface area contributed by atoms with Crippen molar-refractivity contribution in [3.63, 3.8) is 0 Å². The Morgan fingerprint density at radius 1 is 1.60 bits per heavy atom. The third-order valence-corrected chi connectivity index (χ3v) is 1.56. The maximum Gasteiger partial charge on any atom is 0.265 e. The van der Waals surface area contributed by atoms with E-state index in [4.69, 9.17) is 5.26 Å². The van der Waals surface area contributed by atoms with E-state index in [0.29, 0.717) is 9.76 Å². The summed E-state index contributed by atoms with van der Waals surface area (Å²) in [6.45, 7) is 0. The van der Waals surface area contributed by atoms with Gasteiger partial charge in [0.05, 0.1) is 11.8 Å². The van der Waals surface area contributed by atoms with Crippen LogP contribution >= 0.6 is 11.8 Å². The van der Waals surface area contributed by atoms with Crippen molar-refractivity contribution >= 4 is 11.8 Å². The fourth-order valence-corrected chi connectivity index (χ4v) is 0.929. The second-order valence-electron chi connectivity index (χ2n) is 1.56. The summed E-state index contributed by atoms with van der Waals surface area (Å²) >= 11 is 0.858. The van der Waals surface area contributed by atoms with Crippen LogP contribution in [0.1, 0.15) is 0 Å². The van der Waals surface area contributed by atoms with Crippen molar-refractivity contribution in [2.24, 2.45) is 0 Å². The van der Waals surface area contributed by atoms with Crippen molar-refractivity contribution < 1.29 is 4.73 Å². The van der Waals surface area contributed by atoms with E-state index in [1.165, 1.54) is 6.20 Å². The van der Waals surface area contributed by atoms with Crippen LogP contribution < -0.4 is 4.73 Å². The average Bonchev–Trinajstić information content (AvgIpc) is 1.94. The van der Waals surface area contributed by atoms with Gasteiger partial charge in [-0.15, -0.1) is 0 Å². The second kappa shape index (κ2) is 3.08. The van der Waals surface area contributed by atoms with Crippen LogP contribution in [-0.4, -0.2) is 0 Å². The van der Waals surface area contributed by atoms with Crippen molar-refractivity contribution in [1.82, 2.24) is 0 Å². The zero-order valence-corrected chi connectivity index (χ0v) is 5.84. The lowest BCUT2D eigenvalue weighted by Gasteiger charge is -1.96. The molecule has 0 aliphatic carbocycles. The highest BCUT2D eigenvalue weighted by atomic mass is 32.2. The van der Waals surface area contributed by atoms with Crippen molar-refractivity contribution in [2.75, 3.05) is 0 Å². The molecule has 0 radical (unpaired) electrons. The largest absolute Gasteiger partial charge is 0.618 e. The first kappa shape index (κ1) is 6.90. The van der Waals surface area contributed by atoms with Gasteiger partial charge < -0.3 is 5.21 Å². The van der Waals surface area contributed by atoms with Crippen molar-refractivity contribution in [1.29, 1.82) is 5.26 Å². The van der Waals surface area contributed by atoms with E-state index >= 15 is 0 Å². The molecule has 0 bridgehead atoms. The molecule has 0 aliphatic rings. The monoisotopic (exact) mass is 152 g/mol. The molecule has 50 valence electrons. The standard InChI is InChI=1S/C6H4N2OS/c7-5-10-6-3-1-2-4-8(6)9/h1-4H. The molecule has 0 unspecified atom stereocenters. The third kappa shape index (κ3) is 1.39. The Bertz CT molecular complexity index is 269. The minimum Gasteiger partial charge on any atom is -0.618 e. The number of thiocyanates is 1. The lowest BCUT2D eigenvalue weighted by molar-refractivity contribution is -0.645. The zero-order chi connectivity index (χ0) is 7.40. The van der Waals surface area contributed by atoms with Crippen molar-refractivity contribution in [2.45, 2.75) is 5.03 Å². The molecular formula is C6H4N2OS. The van der Waals surface area contributed by atoms with Crippen molar-refractivity contribution in [3.05, 3.63) is 29.6 Å². The summed E-state index contributed by atoms with van der Waals surface area (Å²) in [5, 5.41) is 21.2. The Hall–Kier alpha value is -1.21. The van der Waals surface area contributed by atoms with Gasteiger partial charge in [0.25, 0.3) is 5.03 Å². The third-order valence-electron chi connectivity index (χ3n) is 0.939. The van der Waals surface area contributed by atoms with Gasteiger partial charge in [0.1, 0.15) is 5.40 Å². The van der Waals surface area contributed by atoms with E-state index in [-0.39, 0.29) is 0 Å². The summed E-state index contributed by atoms with van der Waals surface area (Å²) in [6.07, 6.45) is 1.36. The van der Waals surface area contributed by atoms with Gasteiger partial charge in [0.2, 0.25) is 0 Å². The first-order valence-electron chi connectivity index (χ1n) is 2.58. The van der Waals surface area contributed by atoms with Crippen molar-refractivity contribution in [3.8, 4) is 5.40 Å². The van der Waals surface area contributed by atoms with Crippen LogP contribution in [0.2, 0.25) is 0 Å². The molecule has 0 amide bonds. The Morgan fingerprint density at radius 2 is 2.40 bits per heavy atom. The molecule has 3 nitrogen and oxygen atoms in total. The van der Waals surface area contributed by atoms with Crippen LogP contribution in [0.3, 0.4) is 0 Å². The maximum absolute atomic E-state index is 10.8. The predicted molar refractivity (Wildman–Crippen MR) is 36.9 cm³/mol. The first-order valence-corrected chi connectivity index (χ1v) is 3.40. The molecule has 0 saturated heterocycles. The van der Waals surface area contributed by atoms with E-state index in [0.717, 1.165) is 11.8 Å². The normalized spacial score (nSPS) is 8.70. The Labute approximate surface area is 62.5 Å². The Kier molecular flexibility index (Phi) is 2.13. The van der Waals surface area contributed by atoms with E-state index in [1.54, 1.807) is 18.2 Å². The Balaban J connectivity index is 2.94. The molecule has 4 heteroatoms. The molecule has 0 saturated carbocycles. The van der Waals surface area contributed by atoms with Gasteiger partial charge in [-0.05, 0) is 6.07 Å². The highest BCUT2D eigenvalue weighted by Gasteiger charge is 2.00. The van der Waals surface area contributed by atoms with Gasteiger partial charge in [0, 0.05) is 12.1 Å². The van der Waals surface area contributed by atoms with Crippen LogP contribution in [0.4, 0.5) is 0 Å².